The summed E-state index contributed by atoms with van der Waals surface area (Å²) in [5.74, 6) is -0.935. The van der Waals surface area contributed by atoms with Gasteiger partial charge in [0.2, 0.25) is 0 Å². The molecule has 3 aromatic carbocycles. The van der Waals surface area contributed by atoms with Crippen molar-refractivity contribution in [2.45, 2.75) is 78.0 Å². The minimum absolute atomic E-state index is 0.132. The van der Waals surface area contributed by atoms with Crippen LogP contribution in [-0.2, 0) is 16.1 Å². The van der Waals surface area contributed by atoms with Crippen LogP contribution in [0, 0.1) is 0 Å². The third-order valence-corrected chi connectivity index (χ3v) is 8.05. The highest BCUT2D eigenvalue weighted by Gasteiger charge is 2.22. The Hall–Kier alpha value is -4.36. The Bertz CT molecular complexity index is 1690. The first kappa shape index (κ1) is 32.0. The van der Waals surface area contributed by atoms with Crippen LogP contribution < -0.4 is 9.84 Å². The molecule has 45 heavy (non-hydrogen) atoms. The van der Waals surface area contributed by atoms with E-state index in [2.05, 4.69) is 0 Å². The zero-order valence-corrected chi connectivity index (χ0v) is 26.9. The van der Waals surface area contributed by atoms with Crippen LogP contribution in [0.25, 0.3) is 28.5 Å². The molecule has 5 rings (SSSR count). The molecule has 1 aromatic heterocycles. The minimum Gasteiger partial charge on any atom is -0.545 e. The summed E-state index contributed by atoms with van der Waals surface area (Å²) in [7, 11) is 0. The van der Waals surface area contributed by atoms with Crippen molar-refractivity contribution in [3.05, 3.63) is 100 Å². The summed E-state index contributed by atoms with van der Waals surface area (Å²) in [4.78, 5) is 24.2. The van der Waals surface area contributed by atoms with E-state index in [1.54, 1.807) is 12.1 Å². The van der Waals surface area contributed by atoms with Gasteiger partial charge in [-0.3, -0.25) is 4.68 Å². The summed E-state index contributed by atoms with van der Waals surface area (Å²) in [6.45, 7) is 7.27. The molecule has 0 saturated heterocycles. The normalized spacial score (nSPS) is 14.3. The maximum atomic E-state index is 12.9. The second-order valence-corrected chi connectivity index (χ2v) is 12.9. The summed E-state index contributed by atoms with van der Waals surface area (Å²) in [6.07, 6.45) is 7.14. The van der Waals surface area contributed by atoms with E-state index in [9.17, 15) is 14.7 Å². The van der Waals surface area contributed by atoms with Crippen molar-refractivity contribution < 1.29 is 24.2 Å². The van der Waals surface area contributed by atoms with Crippen LogP contribution in [0.5, 0.6) is 5.75 Å². The van der Waals surface area contributed by atoms with Crippen LogP contribution >= 0.6 is 11.6 Å². The third-order valence-electron chi connectivity index (χ3n) is 7.80. The first-order valence-electron chi connectivity index (χ1n) is 15.3. The molecular formula is C37H38ClN2O5-. The number of benzene rings is 3. The number of carboxylic acids is 1. The third kappa shape index (κ3) is 8.22. The number of aromatic nitrogens is 2. The van der Waals surface area contributed by atoms with Crippen molar-refractivity contribution in [2.24, 2.45) is 0 Å². The lowest BCUT2D eigenvalue weighted by Crippen LogP contribution is -2.24. The second-order valence-electron chi connectivity index (χ2n) is 12.5. The standard InChI is InChI=1S/C37H39ClN2O5/c1-24(35(41)42)20-30-22-34(40(39-30)31-8-6-5-7-9-31)26-12-17-32(18-13-26)44-23-28-21-27(36(43)45-37(2,3)4)14-19-33(28)25-10-15-29(38)16-11-25/h10-22,31H,5-9,23H2,1-4H3,(H,41,42)/p-1/b24-20+. The van der Waals surface area contributed by atoms with E-state index >= 15 is 0 Å². The highest BCUT2D eigenvalue weighted by atomic mass is 35.5. The Morgan fingerprint density at radius 2 is 1.62 bits per heavy atom. The minimum atomic E-state index is -1.21. The van der Waals surface area contributed by atoms with E-state index in [-0.39, 0.29) is 18.2 Å². The predicted molar refractivity (Wildman–Crippen MR) is 175 cm³/mol. The second kappa shape index (κ2) is 13.7. The first-order valence-corrected chi connectivity index (χ1v) is 15.7. The average molecular weight is 626 g/mol. The molecule has 1 heterocycles. The molecule has 7 nitrogen and oxygen atoms in total. The van der Waals surface area contributed by atoms with E-state index in [1.165, 1.54) is 13.3 Å². The number of esters is 1. The molecular weight excluding hydrogens is 588 g/mol. The number of hydrogen-bond acceptors (Lipinski definition) is 6. The van der Waals surface area contributed by atoms with Gasteiger partial charge in [-0.15, -0.1) is 0 Å². The van der Waals surface area contributed by atoms with Crippen LogP contribution in [0.1, 0.15) is 87.5 Å². The molecule has 1 aliphatic rings. The summed E-state index contributed by atoms with van der Waals surface area (Å²) in [6, 6.07) is 23.0. The fraction of sp³-hybridized carbons (Fsp3) is 0.324. The SMILES string of the molecule is C/C(=C\c1cc(-c2ccc(OCc3cc(C(=O)OC(C)(C)C)ccc3-c3ccc(Cl)cc3)cc2)n(C2CCCCC2)n1)C(=O)[O-]. The molecule has 1 fully saturated rings. The molecule has 1 aliphatic carbocycles. The van der Waals surface area contributed by atoms with Crippen molar-refractivity contribution in [1.29, 1.82) is 0 Å². The highest BCUT2D eigenvalue weighted by molar-refractivity contribution is 6.30. The molecule has 0 aliphatic heterocycles. The Labute approximate surface area is 269 Å². The van der Waals surface area contributed by atoms with E-state index < -0.39 is 17.5 Å². The smallest absolute Gasteiger partial charge is 0.338 e. The molecule has 0 radical (unpaired) electrons. The molecule has 0 bridgehead atoms. The monoisotopic (exact) mass is 625 g/mol. The van der Waals surface area contributed by atoms with Gasteiger partial charge in [0.15, 0.2) is 0 Å². The van der Waals surface area contributed by atoms with Crippen LogP contribution in [-0.4, -0.2) is 27.3 Å². The molecule has 0 spiro atoms. The van der Waals surface area contributed by atoms with Crippen LogP contribution in [0.3, 0.4) is 0 Å². The summed E-state index contributed by atoms with van der Waals surface area (Å²) in [5.41, 5.74) is 5.18. The van der Waals surface area contributed by atoms with Crippen molar-refractivity contribution in [2.75, 3.05) is 0 Å². The zero-order valence-electron chi connectivity index (χ0n) is 26.1. The average Bonchev–Trinajstić information content (AvgIpc) is 3.44. The Balaban J connectivity index is 1.41. The number of nitrogens with zero attached hydrogens (tertiary/aromatic N) is 2. The van der Waals surface area contributed by atoms with Crippen LogP contribution in [0.4, 0.5) is 0 Å². The number of ether oxygens (including phenoxy) is 2. The fourth-order valence-electron chi connectivity index (χ4n) is 5.56. The van der Waals surface area contributed by atoms with Gasteiger partial charge in [0.05, 0.1) is 29.0 Å². The lowest BCUT2D eigenvalue weighted by molar-refractivity contribution is -0.299. The maximum Gasteiger partial charge on any atom is 0.338 e. The van der Waals surface area contributed by atoms with Crippen molar-refractivity contribution >= 4 is 29.6 Å². The van der Waals surface area contributed by atoms with Crippen LogP contribution in [0.15, 0.2) is 78.4 Å². The zero-order chi connectivity index (χ0) is 32.1. The van der Waals surface area contributed by atoms with Gasteiger partial charge in [-0.25, -0.2) is 4.79 Å². The van der Waals surface area contributed by atoms with E-state index in [0.29, 0.717) is 22.0 Å². The molecule has 0 atom stereocenters. The molecule has 234 valence electrons. The topological polar surface area (TPSA) is 93.5 Å². The van der Waals surface area contributed by atoms with Gasteiger partial charge in [0.1, 0.15) is 18.0 Å². The lowest BCUT2D eigenvalue weighted by Gasteiger charge is -2.24. The summed E-state index contributed by atoms with van der Waals surface area (Å²) in [5, 5.41) is 16.8. The Morgan fingerprint density at radius 1 is 0.956 bits per heavy atom. The first-order chi connectivity index (χ1) is 21.5. The molecule has 4 aromatic rings. The molecule has 1 saturated carbocycles. The van der Waals surface area contributed by atoms with E-state index in [0.717, 1.165) is 53.6 Å². The number of halogens is 1. The number of carbonyl (C=O) groups excluding carboxylic acids is 2. The molecule has 0 amide bonds. The van der Waals surface area contributed by atoms with Gasteiger partial charge in [0, 0.05) is 10.6 Å². The van der Waals surface area contributed by atoms with Gasteiger partial charge in [-0.05, 0) is 123 Å². The number of carboxylic acid groups (broad SMARTS) is 1. The number of aliphatic carboxylic acids is 1. The predicted octanol–water partition coefficient (Wildman–Crippen LogP) is 8.06. The van der Waals surface area contributed by atoms with Crippen molar-refractivity contribution in [3.63, 3.8) is 0 Å². The van der Waals surface area contributed by atoms with Gasteiger partial charge in [-0.2, -0.15) is 5.10 Å². The number of rotatable bonds is 9. The fourth-order valence-corrected chi connectivity index (χ4v) is 5.68. The summed E-state index contributed by atoms with van der Waals surface area (Å²) >= 11 is 6.13. The van der Waals surface area contributed by atoms with Gasteiger partial charge < -0.3 is 19.4 Å². The quantitative estimate of drug-likeness (QED) is 0.138. The van der Waals surface area contributed by atoms with Gasteiger partial charge in [-0.1, -0.05) is 49.1 Å². The molecule has 0 unspecified atom stereocenters. The van der Waals surface area contributed by atoms with Gasteiger partial charge in [0.25, 0.3) is 0 Å². The maximum absolute atomic E-state index is 12.9. The van der Waals surface area contributed by atoms with Gasteiger partial charge >= 0.3 is 5.97 Å². The van der Waals surface area contributed by atoms with Crippen molar-refractivity contribution in [3.8, 4) is 28.1 Å². The summed E-state index contributed by atoms with van der Waals surface area (Å²) < 4.78 is 13.9. The molecule has 0 N–H and O–H groups in total. The number of hydrogen-bond donors (Lipinski definition) is 0. The lowest BCUT2D eigenvalue weighted by atomic mass is 9.95. The van der Waals surface area contributed by atoms with E-state index in [4.69, 9.17) is 26.2 Å². The Kier molecular flexibility index (Phi) is 9.78. The van der Waals surface area contributed by atoms with Crippen molar-refractivity contribution in [1.82, 2.24) is 9.78 Å². The molecule has 8 heteroatoms. The Morgan fingerprint density at radius 3 is 2.27 bits per heavy atom. The highest BCUT2D eigenvalue weighted by Crippen LogP contribution is 2.34. The van der Waals surface area contributed by atoms with Crippen LogP contribution in [0.2, 0.25) is 5.02 Å². The van der Waals surface area contributed by atoms with E-state index in [1.807, 2.05) is 92.2 Å². The number of carbonyl (C=O) groups is 2. The largest absolute Gasteiger partial charge is 0.545 e.